The molecule has 236 valence electrons. The summed E-state index contributed by atoms with van der Waals surface area (Å²) in [5.41, 5.74) is 6.25. The number of piperidine rings is 1. The lowest BCUT2D eigenvalue weighted by Gasteiger charge is -2.27. The number of benzene rings is 2. The average molecular weight is 619 g/mol. The zero-order valence-corrected chi connectivity index (χ0v) is 26.4. The molecule has 0 spiro atoms. The summed E-state index contributed by atoms with van der Waals surface area (Å²) in [4.78, 5) is 38.2. The molecule has 3 fully saturated rings. The Bertz CT molecular complexity index is 2010. The maximum atomic E-state index is 13.8. The number of hydrogen-bond donors (Lipinski definition) is 2. The smallest absolute Gasteiger partial charge is 0.254 e. The van der Waals surface area contributed by atoms with Crippen LogP contribution in [0.3, 0.4) is 0 Å². The number of carbonyl (C=O) groups is 2. The number of likely N-dealkylation sites (tertiary alicyclic amines) is 1. The second-order valence-corrected chi connectivity index (χ2v) is 13.2. The van der Waals surface area contributed by atoms with Crippen molar-refractivity contribution in [3.05, 3.63) is 65.7 Å². The molecule has 1 saturated heterocycles. The van der Waals surface area contributed by atoms with Crippen molar-refractivity contribution in [2.45, 2.75) is 45.2 Å². The van der Waals surface area contributed by atoms with Gasteiger partial charge < -0.3 is 29.2 Å². The standard InChI is InChI=1S/C36H38N6O4/c1-20-25-11-13-29(20)42(18-25)36(45)26-14-28-32(31(16-26)46-3)40(2)34(39-28)30-15-24-10-12-27(38-33(24)41(30)17-21-4-5-21)22-6-8-23(9-7-22)35(44)37-19-43/h6-10,12,14-16,20-21,25,29,43H,4-5,11,13,17-19H2,1-3H3,(H,37,44)/t20-,25?,29?/m1/s1. The third kappa shape index (κ3) is 4.65. The van der Waals surface area contributed by atoms with Crippen molar-refractivity contribution in [1.29, 1.82) is 0 Å². The molecular formula is C36H38N6O4. The zero-order chi connectivity index (χ0) is 31.7. The summed E-state index contributed by atoms with van der Waals surface area (Å²) < 4.78 is 10.2. The Kier molecular flexibility index (Phi) is 6.86. The van der Waals surface area contributed by atoms with Gasteiger partial charge >= 0.3 is 0 Å². The van der Waals surface area contributed by atoms with Crippen LogP contribution >= 0.6 is 0 Å². The minimum absolute atomic E-state index is 0.0630. The van der Waals surface area contributed by atoms with Crippen LogP contribution in [0.4, 0.5) is 0 Å². The molecule has 2 aromatic carbocycles. The number of amides is 2. The van der Waals surface area contributed by atoms with E-state index in [2.05, 4.69) is 38.4 Å². The molecule has 1 aliphatic heterocycles. The number of aliphatic hydroxyl groups is 1. The van der Waals surface area contributed by atoms with Gasteiger partial charge in [0.15, 0.2) is 5.82 Å². The molecule has 2 bridgehead atoms. The minimum Gasteiger partial charge on any atom is -0.494 e. The Labute approximate surface area is 267 Å². The van der Waals surface area contributed by atoms with Crippen molar-refractivity contribution in [3.63, 3.8) is 0 Å². The lowest BCUT2D eigenvalue weighted by Crippen LogP contribution is -2.38. The van der Waals surface area contributed by atoms with Crippen LogP contribution in [0.2, 0.25) is 0 Å². The van der Waals surface area contributed by atoms with Crippen molar-refractivity contribution < 1.29 is 19.4 Å². The van der Waals surface area contributed by atoms with Gasteiger partial charge in [0.1, 0.15) is 23.6 Å². The summed E-state index contributed by atoms with van der Waals surface area (Å²) in [5.74, 6) is 2.92. The van der Waals surface area contributed by atoms with Crippen LogP contribution in [0.5, 0.6) is 5.75 Å². The summed E-state index contributed by atoms with van der Waals surface area (Å²) in [5, 5.41) is 12.4. The highest BCUT2D eigenvalue weighted by atomic mass is 16.5. The van der Waals surface area contributed by atoms with E-state index in [1.54, 1.807) is 19.2 Å². The zero-order valence-electron chi connectivity index (χ0n) is 26.4. The SMILES string of the molecule is COc1cc(C(=O)N2CC3CCC2[C@@H]3C)cc2nc(-c3cc4ccc(-c5ccc(C(=O)NCO)cc5)nc4n3CC3CC3)n(C)c12. The first kappa shape index (κ1) is 28.8. The van der Waals surface area contributed by atoms with E-state index in [0.29, 0.717) is 40.7 Å². The number of carbonyl (C=O) groups excluding carboxylic acids is 2. The molecule has 8 rings (SSSR count). The van der Waals surface area contributed by atoms with Crippen molar-refractivity contribution in [3.8, 4) is 28.5 Å². The second kappa shape index (κ2) is 11.0. The number of aromatic nitrogens is 4. The number of imidazole rings is 1. The molecule has 2 N–H and O–H groups in total. The van der Waals surface area contributed by atoms with Gasteiger partial charge in [0.05, 0.1) is 24.0 Å². The number of fused-ring (bicyclic) bond motifs is 4. The van der Waals surface area contributed by atoms with Gasteiger partial charge in [-0.25, -0.2) is 9.97 Å². The van der Waals surface area contributed by atoms with Gasteiger partial charge in [-0.3, -0.25) is 9.59 Å². The Morgan fingerprint density at radius 3 is 2.48 bits per heavy atom. The highest BCUT2D eigenvalue weighted by molar-refractivity contribution is 6.00. The van der Waals surface area contributed by atoms with E-state index in [1.807, 2.05) is 37.4 Å². The topological polar surface area (TPSA) is 115 Å². The Morgan fingerprint density at radius 2 is 1.80 bits per heavy atom. The van der Waals surface area contributed by atoms with Crippen LogP contribution in [0.25, 0.3) is 44.8 Å². The maximum Gasteiger partial charge on any atom is 0.254 e. The third-order valence-corrected chi connectivity index (χ3v) is 10.5. The molecule has 2 amide bonds. The summed E-state index contributed by atoms with van der Waals surface area (Å²) in [6.45, 7) is 3.54. The monoisotopic (exact) mass is 618 g/mol. The molecule has 5 aromatic rings. The van der Waals surface area contributed by atoms with Gasteiger partial charge in [0, 0.05) is 48.3 Å². The Morgan fingerprint density at radius 1 is 1.00 bits per heavy atom. The molecule has 2 aliphatic carbocycles. The molecule has 3 aliphatic rings. The molecule has 10 heteroatoms. The first-order valence-corrected chi connectivity index (χ1v) is 16.2. The first-order valence-electron chi connectivity index (χ1n) is 16.2. The van der Waals surface area contributed by atoms with E-state index >= 15 is 0 Å². The Hall–Kier alpha value is -4.70. The van der Waals surface area contributed by atoms with Crippen LogP contribution in [-0.4, -0.2) is 67.4 Å². The summed E-state index contributed by atoms with van der Waals surface area (Å²) in [6.07, 6.45) is 4.67. The largest absolute Gasteiger partial charge is 0.494 e. The molecule has 0 radical (unpaired) electrons. The fourth-order valence-electron chi connectivity index (χ4n) is 7.71. The molecule has 2 unspecified atom stereocenters. The number of hydrogen-bond acceptors (Lipinski definition) is 6. The number of methoxy groups -OCH3 is 1. The number of pyridine rings is 1. The summed E-state index contributed by atoms with van der Waals surface area (Å²) >= 11 is 0. The highest BCUT2D eigenvalue weighted by Crippen LogP contribution is 2.44. The summed E-state index contributed by atoms with van der Waals surface area (Å²) in [7, 11) is 3.65. The predicted octanol–water partition coefficient (Wildman–Crippen LogP) is 5.23. The van der Waals surface area contributed by atoms with Gasteiger partial charge in [-0.1, -0.05) is 19.1 Å². The Balaban J connectivity index is 1.19. The number of rotatable bonds is 8. The molecule has 46 heavy (non-hydrogen) atoms. The fourth-order valence-corrected chi connectivity index (χ4v) is 7.71. The van der Waals surface area contributed by atoms with Crippen LogP contribution < -0.4 is 10.1 Å². The van der Waals surface area contributed by atoms with Crippen LogP contribution in [0.1, 0.15) is 53.3 Å². The predicted molar refractivity (Wildman–Crippen MR) is 175 cm³/mol. The van der Waals surface area contributed by atoms with Crippen molar-refractivity contribution in [1.82, 2.24) is 29.3 Å². The number of aliphatic hydroxyl groups excluding tert-OH is 1. The van der Waals surface area contributed by atoms with Crippen molar-refractivity contribution in [2.24, 2.45) is 24.8 Å². The van der Waals surface area contributed by atoms with Crippen LogP contribution in [0.15, 0.2) is 54.6 Å². The molecule has 4 heterocycles. The quantitative estimate of drug-likeness (QED) is 0.231. The lowest BCUT2D eigenvalue weighted by molar-refractivity contribution is 0.0695. The van der Waals surface area contributed by atoms with Gasteiger partial charge in [0.2, 0.25) is 0 Å². The highest BCUT2D eigenvalue weighted by Gasteiger charge is 2.46. The van der Waals surface area contributed by atoms with Gasteiger partial charge in [-0.15, -0.1) is 0 Å². The van der Waals surface area contributed by atoms with Crippen LogP contribution in [0, 0.1) is 17.8 Å². The van der Waals surface area contributed by atoms with Gasteiger partial charge in [0.25, 0.3) is 11.8 Å². The van der Waals surface area contributed by atoms with E-state index < -0.39 is 6.73 Å². The number of ether oxygens (including phenoxy) is 1. The van der Waals surface area contributed by atoms with E-state index in [-0.39, 0.29) is 11.8 Å². The fraction of sp³-hybridized carbons (Fsp3) is 0.389. The van der Waals surface area contributed by atoms with E-state index in [9.17, 15) is 9.59 Å². The number of nitrogens with zero attached hydrogens (tertiary/aromatic N) is 5. The normalized spacial score (nSPS) is 20.6. The maximum absolute atomic E-state index is 13.8. The first-order chi connectivity index (χ1) is 22.3. The lowest BCUT2D eigenvalue weighted by atomic mass is 10.0. The third-order valence-electron chi connectivity index (χ3n) is 10.5. The van der Waals surface area contributed by atoms with E-state index in [1.165, 1.54) is 19.3 Å². The average Bonchev–Trinajstić information content (AvgIpc) is 3.48. The summed E-state index contributed by atoms with van der Waals surface area (Å²) in [6, 6.07) is 17.6. The molecular weight excluding hydrogens is 580 g/mol. The number of nitrogens with one attached hydrogen (secondary N) is 1. The van der Waals surface area contributed by atoms with Gasteiger partial charge in [-0.2, -0.15) is 0 Å². The molecule has 10 nitrogen and oxygen atoms in total. The van der Waals surface area contributed by atoms with Gasteiger partial charge in [-0.05, 0) is 85.9 Å². The number of aryl methyl sites for hydroxylation is 1. The molecule has 3 aromatic heterocycles. The van der Waals surface area contributed by atoms with E-state index in [0.717, 1.165) is 64.4 Å². The van der Waals surface area contributed by atoms with Crippen LogP contribution in [-0.2, 0) is 13.6 Å². The van der Waals surface area contributed by atoms with E-state index in [4.69, 9.17) is 19.8 Å². The minimum atomic E-state index is -0.407. The molecule has 3 atom stereocenters. The van der Waals surface area contributed by atoms with Crippen molar-refractivity contribution in [2.75, 3.05) is 20.4 Å². The second-order valence-electron chi connectivity index (χ2n) is 13.2. The molecule has 2 saturated carbocycles. The van der Waals surface area contributed by atoms with Crippen molar-refractivity contribution >= 4 is 33.9 Å².